The van der Waals surface area contributed by atoms with Crippen molar-refractivity contribution in [1.29, 1.82) is 0 Å². The van der Waals surface area contributed by atoms with Gasteiger partial charge >= 0.3 is 0 Å². The lowest BCUT2D eigenvalue weighted by Gasteiger charge is -2.11. The van der Waals surface area contributed by atoms with Crippen molar-refractivity contribution in [3.8, 4) is 0 Å². The second kappa shape index (κ2) is 5.07. The first-order valence-electron chi connectivity index (χ1n) is 5.81. The minimum Gasteiger partial charge on any atom is -0.325 e. The molecule has 18 heavy (non-hydrogen) atoms. The van der Waals surface area contributed by atoms with Crippen molar-refractivity contribution in [2.75, 3.05) is 18.1 Å². The molecule has 98 valence electrons. The molecule has 1 heterocycles. The molecule has 0 radical (unpaired) electrons. The fraction of sp³-hybridized carbons (Fsp3) is 0.417. The van der Waals surface area contributed by atoms with Gasteiger partial charge in [0, 0.05) is 11.9 Å². The highest BCUT2D eigenvalue weighted by Crippen LogP contribution is 2.16. The van der Waals surface area contributed by atoms with Gasteiger partial charge in [-0.05, 0) is 37.6 Å². The summed E-state index contributed by atoms with van der Waals surface area (Å²) in [4.78, 5) is 12.1. The van der Waals surface area contributed by atoms with Crippen molar-refractivity contribution in [2.45, 2.75) is 23.8 Å². The van der Waals surface area contributed by atoms with Crippen LogP contribution in [-0.4, -0.2) is 33.2 Å². The van der Waals surface area contributed by atoms with E-state index in [2.05, 4.69) is 10.6 Å². The van der Waals surface area contributed by atoms with E-state index in [4.69, 9.17) is 0 Å². The summed E-state index contributed by atoms with van der Waals surface area (Å²) in [5.41, 5.74) is 0.511. The van der Waals surface area contributed by atoms with E-state index in [-0.39, 0.29) is 16.8 Å². The lowest BCUT2D eigenvalue weighted by Crippen LogP contribution is -2.35. The molecule has 0 saturated carbocycles. The SMILES string of the molecule is CS(=O)(=O)c1cccc(NC(=O)[C@H]2CCCN2)c1. The van der Waals surface area contributed by atoms with Crippen molar-refractivity contribution in [1.82, 2.24) is 5.32 Å². The Morgan fingerprint density at radius 3 is 2.83 bits per heavy atom. The maximum Gasteiger partial charge on any atom is 0.241 e. The Morgan fingerprint density at radius 1 is 1.44 bits per heavy atom. The van der Waals surface area contributed by atoms with Gasteiger partial charge in [-0.2, -0.15) is 0 Å². The number of hydrogen-bond donors (Lipinski definition) is 2. The second-order valence-corrected chi connectivity index (χ2v) is 6.45. The molecule has 1 atom stereocenters. The van der Waals surface area contributed by atoms with Crippen molar-refractivity contribution in [3.63, 3.8) is 0 Å². The first-order chi connectivity index (χ1) is 8.47. The first kappa shape index (κ1) is 13.0. The summed E-state index contributed by atoms with van der Waals surface area (Å²) in [5.74, 6) is -0.113. The molecule has 6 heteroatoms. The van der Waals surface area contributed by atoms with Crippen LogP contribution in [0.25, 0.3) is 0 Å². The van der Waals surface area contributed by atoms with Crippen LogP contribution in [0.4, 0.5) is 5.69 Å². The Balaban J connectivity index is 2.12. The Bertz CT molecular complexity index is 548. The molecule has 1 aromatic rings. The third-order valence-electron chi connectivity index (χ3n) is 2.91. The number of benzene rings is 1. The second-order valence-electron chi connectivity index (χ2n) is 4.44. The summed E-state index contributed by atoms with van der Waals surface area (Å²) in [7, 11) is -3.25. The molecule has 2 N–H and O–H groups in total. The zero-order valence-corrected chi connectivity index (χ0v) is 11.0. The Kier molecular flexibility index (Phi) is 3.68. The average Bonchev–Trinajstić information content (AvgIpc) is 2.81. The molecular formula is C12H16N2O3S. The minimum absolute atomic E-state index is 0.113. The molecule has 2 rings (SSSR count). The van der Waals surface area contributed by atoms with Gasteiger partial charge in [0.25, 0.3) is 0 Å². The largest absolute Gasteiger partial charge is 0.325 e. The van der Waals surface area contributed by atoms with Crippen LogP contribution < -0.4 is 10.6 Å². The monoisotopic (exact) mass is 268 g/mol. The van der Waals surface area contributed by atoms with Gasteiger partial charge < -0.3 is 10.6 Å². The fourth-order valence-electron chi connectivity index (χ4n) is 1.94. The van der Waals surface area contributed by atoms with Gasteiger partial charge in [-0.25, -0.2) is 8.42 Å². The molecule has 0 spiro atoms. The molecule has 1 aromatic carbocycles. The number of rotatable bonds is 3. The third-order valence-corrected chi connectivity index (χ3v) is 4.02. The standard InChI is InChI=1S/C12H16N2O3S/c1-18(16,17)10-5-2-4-9(8-10)14-12(15)11-6-3-7-13-11/h2,4-5,8,11,13H,3,6-7H2,1H3,(H,14,15)/t11-/m1/s1. The summed E-state index contributed by atoms with van der Waals surface area (Å²) in [5, 5.41) is 5.82. The average molecular weight is 268 g/mol. The van der Waals surface area contributed by atoms with Gasteiger partial charge in [0.05, 0.1) is 10.9 Å². The predicted octanol–water partition coefficient (Wildman–Crippen LogP) is 0.781. The Hall–Kier alpha value is -1.40. The van der Waals surface area contributed by atoms with Gasteiger partial charge in [0.1, 0.15) is 0 Å². The highest BCUT2D eigenvalue weighted by atomic mass is 32.2. The van der Waals surface area contributed by atoms with Gasteiger partial charge in [-0.15, -0.1) is 0 Å². The smallest absolute Gasteiger partial charge is 0.241 e. The van der Waals surface area contributed by atoms with E-state index in [0.717, 1.165) is 25.6 Å². The molecule has 1 saturated heterocycles. The summed E-state index contributed by atoms with van der Waals surface area (Å²) in [6.07, 6.45) is 2.95. The van der Waals surface area contributed by atoms with Crippen LogP contribution in [0.1, 0.15) is 12.8 Å². The molecule has 0 bridgehead atoms. The summed E-state index contributed by atoms with van der Waals surface area (Å²) >= 11 is 0. The number of carbonyl (C=O) groups is 1. The van der Waals surface area contributed by atoms with Crippen LogP contribution in [0.15, 0.2) is 29.2 Å². The molecule has 0 aliphatic carbocycles. The quantitative estimate of drug-likeness (QED) is 0.849. The van der Waals surface area contributed by atoms with E-state index >= 15 is 0 Å². The first-order valence-corrected chi connectivity index (χ1v) is 7.70. The van der Waals surface area contributed by atoms with Crippen molar-refractivity contribution >= 4 is 21.4 Å². The van der Waals surface area contributed by atoms with Gasteiger partial charge in [-0.1, -0.05) is 6.07 Å². The van der Waals surface area contributed by atoms with Crippen molar-refractivity contribution in [3.05, 3.63) is 24.3 Å². The number of anilines is 1. The summed E-state index contributed by atoms with van der Waals surface area (Å²) in [6.45, 7) is 0.849. The Labute approximate surface area is 107 Å². The molecule has 0 aromatic heterocycles. The maximum atomic E-state index is 11.9. The van der Waals surface area contributed by atoms with Gasteiger partial charge in [0.15, 0.2) is 9.84 Å². The molecule has 5 nitrogen and oxygen atoms in total. The van der Waals surface area contributed by atoms with E-state index < -0.39 is 9.84 Å². The highest BCUT2D eigenvalue weighted by molar-refractivity contribution is 7.90. The molecular weight excluding hydrogens is 252 g/mol. The zero-order chi connectivity index (χ0) is 13.2. The van der Waals surface area contributed by atoms with E-state index in [1.165, 1.54) is 12.1 Å². The molecule has 1 aliphatic rings. The zero-order valence-electron chi connectivity index (χ0n) is 10.1. The number of hydrogen-bond acceptors (Lipinski definition) is 4. The van der Waals surface area contributed by atoms with Crippen molar-refractivity contribution in [2.24, 2.45) is 0 Å². The molecule has 1 amide bonds. The normalized spacial score (nSPS) is 19.7. The lowest BCUT2D eigenvalue weighted by atomic mass is 10.2. The fourth-order valence-corrected chi connectivity index (χ4v) is 2.61. The van der Waals surface area contributed by atoms with Crippen LogP contribution >= 0.6 is 0 Å². The maximum absolute atomic E-state index is 11.9. The number of nitrogens with one attached hydrogen (secondary N) is 2. The highest BCUT2D eigenvalue weighted by Gasteiger charge is 2.22. The minimum atomic E-state index is -3.25. The topological polar surface area (TPSA) is 75.3 Å². The van der Waals surface area contributed by atoms with Gasteiger partial charge in [0.2, 0.25) is 5.91 Å². The number of amides is 1. The lowest BCUT2D eigenvalue weighted by molar-refractivity contribution is -0.117. The third kappa shape index (κ3) is 3.08. The van der Waals surface area contributed by atoms with Crippen LogP contribution in [-0.2, 0) is 14.6 Å². The van der Waals surface area contributed by atoms with Crippen LogP contribution in [0.5, 0.6) is 0 Å². The molecule has 0 unspecified atom stereocenters. The number of sulfone groups is 1. The molecule has 1 fully saturated rings. The Morgan fingerprint density at radius 2 is 2.22 bits per heavy atom. The van der Waals surface area contributed by atoms with Crippen LogP contribution in [0, 0.1) is 0 Å². The van der Waals surface area contributed by atoms with E-state index in [0.29, 0.717) is 5.69 Å². The van der Waals surface area contributed by atoms with E-state index in [1.54, 1.807) is 12.1 Å². The summed E-state index contributed by atoms with van der Waals surface area (Å²) in [6, 6.07) is 6.11. The van der Waals surface area contributed by atoms with E-state index in [1.807, 2.05) is 0 Å². The van der Waals surface area contributed by atoms with Crippen molar-refractivity contribution < 1.29 is 13.2 Å². The van der Waals surface area contributed by atoms with Crippen LogP contribution in [0.3, 0.4) is 0 Å². The van der Waals surface area contributed by atoms with Crippen LogP contribution in [0.2, 0.25) is 0 Å². The number of carbonyl (C=O) groups excluding carboxylic acids is 1. The predicted molar refractivity (Wildman–Crippen MR) is 69.2 cm³/mol. The van der Waals surface area contributed by atoms with Gasteiger partial charge in [-0.3, -0.25) is 4.79 Å². The van der Waals surface area contributed by atoms with E-state index in [9.17, 15) is 13.2 Å². The molecule has 1 aliphatic heterocycles. The summed E-state index contributed by atoms with van der Waals surface area (Å²) < 4.78 is 22.8.